The lowest BCUT2D eigenvalue weighted by atomic mass is 10.3. The second kappa shape index (κ2) is 4.35. The summed E-state index contributed by atoms with van der Waals surface area (Å²) in [5, 5.41) is 3.30. The molecule has 2 heterocycles. The molecule has 0 aliphatic rings. The number of aryl methyl sites for hydroxylation is 3. The monoisotopic (exact) mass is 253 g/mol. The lowest BCUT2D eigenvalue weighted by Gasteiger charge is -2.06. The van der Waals surface area contributed by atoms with Crippen LogP contribution in [0, 0.1) is 13.8 Å². The largest absolute Gasteiger partial charge is 0.338 e. The highest BCUT2D eigenvalue weighted by Crippen LogP contribution is 2.23. The van der Waals surface area contributed by atoms with Crippen molar-refractivity contribution in [3.05, 3.63) is 42.0 Å². The summed E-state index contributed by atoms with van der Waals surface area (Å²) in [7, 11) is 1.96. The highest BCUT2D eigenvalue weighted by molar-refractivity contribution is 5.85. The summed E-state index contributed by atoms with van der Waals surface area (Å²) >= 11 is 0. The van der Waals surface area contributed by atoms with Gasteiger partial charge in [0.25, 0.3) is 0 Å². The van der Waals surface area contributed by atoms with Crippen molar-refractivity contribution in [2.45, 2.75) is 13.8 Å². The summed E-state index contributed by atoms with van der Waals surface area (Å²) < 4.78 is 1.97. The number of anilines is 2. The van der Waals surface area contributed by atoms with E-state index in [1.165, 1.54) is 0 Å². The van der Waals surface area contributed by atoms with E-state index in [9.17, 15) is 0 Å². The molecule has 0 saturated carbocycles. The molecular weight excluding hydrogens is 238 g/mol. The van der Waals surface area contributed by atoms with Crippen molar-refractivity contribution in [2.75, 3.05) is 5.32 Å². The van der Waals surface area contributed by atoms with Gasteiger partial charge in [-0.25, -0.2) is 15.0 Å². The van der Waals surface area contributed by atoms with Gasteiger partial charge >= 0.3 is 0 Å². The van der Waals surface area contributed by atoms with Gasteiger partial charge in [0.05, 0.1) is 0 Å². The van der Waals surface area contributed by atoms with Crippen LogP contribution < -0.4 is 5.32 Å². The average molecular weight is 253 g/mol. The molecule has 0 aliphatic heterocycles. The second-order valence-corrected chi connectivity index (χ2v) is 4.50. The number of aromatic nitrogens is 4. The van der Waals surface area contributed by atoms with Crippen LogP contribution in [0.1, 0.15) is 11.6 Å². The molecule has 3 aromatic rings. The molecule has 0 unspecified atom stereocenters. The van der Waals surface area contributed by atoms with Gasteiger partial charge in [-0.15, -0.1) is 0 Å². The first-order valence-electron chi connectivity index (χ1n) is 6.15. The van der Waals surface area contributed by atoms with Gasteiger partial charge in [0.15, 0.2) is 17.0 Å². The number of fused-ring (bicyclic) bond motifs is 1. The van der Waals surface area contributed by atoms with Crippen LogP contribution in [0.5, 0.6) is 0 Å². The topological polar surface area (TPSA) is 55.6 Å². The van der Waals surface area contributed by atoms with Crippen molar-refractivity contribution in [3.63, 3.8) is 0 Å². The number of rotatable bonds is 2. The third-order valence-corrected chi connectivity index (χ3v) is 3.09. The first-order chi connectivity index (χ1) is 9.15. The Hall–Kier alpha value is -2.43. The molecule has 0 radical (unpaired) electrons. The van der Waals surface area contributed by atoms with Crippen molar-refractivity contribution in [1.82, 2.24) is 19.5 Å². The van der Waals surface area contributed by atoms with Crippen molar-refractivity contribution < 1.29 is 0 Å². The average Bonchev–Trinajstić information content (AvgIpc) is 2.68. The van der Waals surface area contributed by atoms with Crippen LogP contribution >= 0.6 is 0 Å². The highest BCUT2D eigenvalue weighted by atomic mass is 15.2. The fraction of sp³-hybridized carbons (Fsp3) is 0.214. The van der Waals surface area contributed by atoms with E-state index in [1.54, 1.807) is 0 Å². The molecule has 5 nitrogen and oxygen atoms in total. The quantitative estimate of drug-likeness (QED) is 0.763. The maximum absolute atomic E-state index is 4.53. The predicted octanol–water partition coefficient (Wildman–Crippen LogP) is 2.72. The van der Waals surface area contributed by atoms with Crippen LogP contribution in [-0.4, -0.2) is 19.5 Å². The summed E-state index contributed by atoms with van der Waals surface area (Å²) in [5.41, 5.74) is 2.64. The third-order valence-electron chi connectivity index (χ3n) is 3.09. The Kier molecular flexibility index (Phi) is 2.67. The van der Waals surface area contributed by atoms with Crippen LogP contribution in [-0.2, 0) is 7.05 Å². The van der Waals surface area contributed by atoms with E-state index in [4.69, 9.17) is 0 Å². The molecule has 0 spiro atoms. The molecule has 0 saturated heterocycles. The van der Waals surface area contributed by atoms with Gasteiger partial charge < -0.3 is 9.88 Å². The van der Waals surface area contributed by atoms with Gasteiger partial charge in [-0.05, 0) is 26.0 Å². The van der Waals surface area contributed by atoms with Gasteiger partial charge in [-0.2, -0.15) is 0 Å². The fourth-order valence-corrected chi connectivity index (χ4v) is 2.02. The molecule has 0 aliphatic carbocycles. The van der Waals surface area contributed by atoms with E-state index >= 15 is 0 Å². The first kappa shape index (κ1) is 11.6. The maximum atomic E-state index is 4.53. The molecule has 5 heteroatoms. The van der Waals surface area contributed by atoms with Gasteiger partial charge in [0.2, 0.25) is 0 Å². The van der Waals surface area contributed by atoms with Crippen molar-refractivity contribution in [3.8, 4) is 0 Å². The van der Waals surface area contributed by atoms with E-state index in [0.29, 0.717) is 0 Å². The Bertz CT molecular complexity index is 730. The lowest BCUT2D eigenvalue weighted by Crippen LogP contribution is -2.00. The van der Waals surface area contributed by atoms with E-state index in [-0.39, 0.29) is 0 Å². The minimum absolute atomic E-state index is 0.730. The highest BCUT2D eigenvalue weighted by Gasteiger charge is 2.12. The van der Waals surface area contributed by atoms with Crippen molar-refractivity contribution in [1.29, 1.82) is 0 Å². The Morgan fingerprint density at radius 2 is 1.74 bits per heavy atom. The molecular formula is C14H15N5. The zero-order valence-electron chi connectivity index (χ0n) is 11.2. The molecule has 96 valence electrons. The van der Waals surface area contributed by atoms with E-state index in [2.05, 4.69) is 20.3 Å². The summed E-state index contributed by atoms with van der Waals surface area (Å²) in [6.45, 7) is 3.85. The molecule has 2 aromatic heterocycles. The number of imidazole rings is 1. The zero-order chi connectivity index (χ0) is 13.4. The number of nitrogens with one attached hydrogen (secondary N) is 1. The van der Waals surface area contributed by atoms with Gasteiger partial charge in [-0.3, -0.25) is 0 Å². The SMILES string of the molecule is Cc1nc(Nc2ccccc2)c2nc(C)n(C)c2n1. The minimum Gasteiger partial charge on any atom is -0.338 e. The summed E-state index contributed by atoms with van der Waals surface area (Å²) in [4.78, 5) is 13.4. The second-order valence-electron chi connectivity index (χ2n) is 4.50. The maximum Gasteiger partial charge on any atom is 0.165 e. The van der Waals surface area contributed by atoms with Crippen LogP contribution in [0.3, 0.4) is 0 Å². The number of benzene rings is 1. The molecule has 0 amide bonds. The molecule has 0 atom stereocenters. The number of nitrogens with zero attached hydrogens (tertiary/aromatic N) is 4. The standard InChI is InChI=1S/C14H15N5/c1-9-15-13(18-11-7-5-4-6-8-11)12-14(16-9)19(3)10(2)17-12/h4-8H,1-3H3,(H,15,16,18). The fourth-order valence-electron chi connectivity index (χ4n) is 2.02. The summed E-state index contributed by atoms with van der Waals surface area (Å²) in [5.74, 6) is 2.40. The van der Waals surface area contributed by atoms with Crippen LogP contribution in [0.15, 0.2) is 30.3 Å². The van der Waals surface area contributed by atoms with E-state index < -0.39 is 0 Å². The third kappa shape index (κ3) is 2.03. The number of hydrogen-bond acceptors (Lipinski definition) is 4. The minimum atomic E-state index is 0.730. The number of para-hydroxylation sites is 1. The molecule has 0 fully saturated rings. The summed E-state index contributed by atoms with van der Waals surface area (Å²) in [6, 6.07) is 9.95. The zero-order valence-corrected chi connectivity index (χ0v) is 11.2. The van der Waals surface area contributed by atoms with Gasteiger partial charge in [0, 0.05) is 12.7 Å². The number of hydrogen-bond donors (Lipinski definition) is 1. The normalized spacial score (nSPS) is 10.9. The lowest BCUT2D eigenvalue weighted by molar-refractivity contribution is 0.869. The van der Waals surface area contributed by atoms with E-state index in [0.717, 1.165) is 34.3 Å². The predicted molar refractivity (Wildman–Crippen MR) is 75.5 cm³/mol. The molecule has 3 rings (SSSR count). The summed E-state index contributed by atoms with van der Waals surface area (Å²) in [6.07, 6.45) is 0. The van der Waals surface area contributed by atoms with Crippen LogP contribution in [0.25, 0.3) is 11.2 Å². The Morgan fingerprint density at radius 3 is 2.47 bits per heavy atom. The van der Waals surface area contributed by atoms with E-state index in [1.807, 2.05) is 55.8 Å². The van der Waals surface area contributed by atoms with Crippen LogP contribution in [0.2, 0.25) is 0 Å². The van der Waals surface area contributed by atoms with Gasteiger partial charge in [0.1, 0.15) is 11.6 Å². The Morgan fingerprint density at radius 1 is 1.00 bits per heavy atom. The van der Waals surface area contributed by atoms with Gasteiger partial charge in [-0.1, -0.05) is 18.2 Å². The molecule has 1 aromatic carbocycles. The Labute approximate surface area is 111 Å². The van der Waals surface area contributed by atoms with Crippen LogP contribution in [0.4, 0.5) is 11.5 Å². The molecule has 19 heavy (non-hydrogen) atoms. The Balaban J connectivity index is 2.15. The first-order valence-corrected chi connectivity index (χ1v) is 6.15. The van der Waals surface area contributed by atoms with Crippen molar-refractivity contribution in [2.24, 2.45) is 7.05 Å². The smallest absolute Gasteiger partial charge is 0.165 e. The van der Waals surface area contributed by atoms with Crippen molar-refractivity contribution >= 4 is 22.7 Å². The molecule has 0 bridgehead atoms. The molecule has 1 N–H and O–H groups in total.